The zero-order valence-corrected chi connectivity index (χ0v) is 18.7. The molecule has 0 spiro atoms. The van der Waals surface area contributed by atoms with E-state index in [9.17, 15) is 23.6 Å². The summed E-state index contributed by atoms with van der Waals surface area (Å²) in [4.78, 5) is 50.7. The number of carbonyl (C=O) groups is 2. The lowest BCUT2D eigenvalue weighted by atomic mass is 10.2. The Morgan fingerprint density at radius 3 is 2.48 bits per heavy atom. The van der Waals surface area contributed by atoms with Gasteiger partial charge in [0.15, 0.2) is 0 Å². The van der Waals surface area contributed by atoms with Gasteiger partial charge in [-0.1, -0.05) is 0 Å². The normalized spacial score (nSPS) is 14.0. The second-order valence-electron chi connectivity index (χ2n) is 8.40. The van der Waals surface area contributed by atoms with Crippen molar-refractivity contribution in [3.05, 3.63) is 31.3 Å². The van der Waals surface area contributed by atoms with E-state index >= 15 is 0 Å². The molecule has 1 saturated carbocycles. The minimum atomic E-state index is -0.931. The lowest BCUT2D eigenvalue weighted by Gasteiger charge is -2.24. The van der Waals surface area contributed by atoms with Gasteiger partial charge in [0.25, 0.3) is 5.56 Å². The van der Waals surface area contributed by atoms with Gasteiger partial charge in [0, 0.05) is 10.9 Å². The molecule has 3 amide bonds. The van der Waals surface area contributed by atoms with Crippen LogP contribution in [0.3, 0.4) is 0 Å². The fourth-order valence-electron chi connectivity index (χ4n) is 3.22. The topological polar surface area (TPSA) is 129 Å². The molecule has 0 aliphatic heterocycles. The lowest BCUT2D eigenvalue weighted by Crippen LogP contribution is -2.49. The summed E-state index contributed by atoms with van der Waals surface area (Å²) in [5.74, 6) is 0. The number of urea groups is 1. The standard InChI is InChI=1S/C19H26FN5O5S/c1-10-12(9-24(16(21)27)22-17(28)30-19(2,3)4)31-15-13(10)14(26)25(11-5-6-11)18(29)23(15)8-7-20/h11H,5-9H2,1-4H3,(H2,21,27)(H,22,28). The van der Waals surface area contributed by atoms with Gasteiger partial charge in [-0.15, -0.1) is 11.3 Å². The predicted molar refractivity (Wildman–Crippen MR) is 114 cm³/mol. The highest BCUT2D eigenvalue weighted by Gasteiger charge is 2.31. The van der Waals surface area contributed by atoms with Gasteiger partial charge in [-0.25, -0.2) is 29.2 Å². The third-order valence-electron chi connectivity index (χ3n) is 4.75. The summed E-state index contributed by atoms with van der Waals surface area (Å²) in [5, 5.41) is 1.17. The van der Waals surface area contributed by atoms with Crippen molar-refractivity contribution in [2.75, 3.05) is 6.67 Å². The molecule has 0 aromatic carbocycles. The summed E-state index contributed by atoms with van der Waals surface area (Å²) >= 11 is 1.09. The molecular formula is C19H26FN5O5S. The zero-order valence-electron chi connectivity index (χ0n) is 17.9. The molecule has 2 aromatic rings. The average molecular weight is 456 g/mol. The summed E-state index contributed by atoms with van der Waals surface area (Å²) in [6, 6.07) is -1.10. The summed E-state index contributed by atoms with van der Waals surface area (Å²) in [6.07, 6.45) is 0.582. The van der Waals surface area contributed by atoms with Crippen molar-refractivity contribution in [3.63, 3.8) is 0 Å². The second kappa shape index (κ2) is 8.33. The minimum Gasteiger partial charge on any atom is -0.443 e. The Hall–Kier alpha value is -2.89. The van der Waals surface area contributed by atoms with Gasteiger partial charge in [0.1, 0.15) is 17.1 Å². The number of amides is 3. The number of nitrogens with one attached hydrogen (secondary N) is 1. The smallest absolute Gasteiger partial charge is 0.426 e. The predicted octanol–water partition coefficient (Wildman–Crippen LogP) is 2.16. The summed E-state index contributed by atoms with van der Waals surface area (Å²) in [7, 11) is 0. The van der Waals surface area contributed by atoms with E-state index in [1.54, 1.807) is 27.7 Å². The SMILES string of the molecule is Cc1c(CN(NC(=O)OC(C)(C)C)C(N)=O)sc2c1c(=O)n(C1CC1)c(=O)n2CCF. The number of nitrogens with zero attached hydrogens (tertiary/aromatic N) is 3. The van der Waals surface area contributed by atoms with Gasteiger partial charge in [-0.2, -0.15) is 0 Å². The van der Waals surface area contributed by atoms with Crippen LogP contribution in [0.1, 0.15) is 50.1 Å². The fraction of sp³-hybridized carbons (Fsp3) is 0.579. The molecule has 3 rings (SSSR count). The number of ether oxygens (including phenoxy) is 1. The van der Waals surface area contributed by atoms with E-state index in [0.29, 0.717) is 20.7 Å². The van der Waals surface area contributed by atoms with Crippen molar-refractivity contribution in [2.45, 2.75) is 65.3 Å². The molecular weight excluding hydrogens is 429 g/mol. The average Bonchev–Trinajstić information content (AvgIpc) is 3.41. The monoisotopic (exact) mass is 455 g/mol. The molecule has 2 aromatic heterocycles. The van der Waals surface area contributed by atoms with Gasteiger partial charge < -0.3 is 10.5 Å². The van der Waals surface area contributed by atoms with Crippen molar-refractivity contribution in [2.24, 2.45) is 5.73 Å². The van der Waals surface area contributed by atoms with Crippen LogP contribution < -0.4 is 22.4 Å². The molecule has 12 heteroatoms. The first kappa shape index (κ1) is 22.8. The number of aryl methyl sites for hydroxylation is 2. The molecule has 0 unspecified atom stereocenters. The van der Waals surface area contributed by atoms with E-state index in [1.165, 1.54) is 9.13 Å². The number of primary amides is 1. The van der Waals surface area contributed by atoms with Crippen LogP contribution in [-0.2, 0) is 17.8 Å². The largest absolute Gasteiger partial charge is 0.443 e. The van der Waals surface area contributed by atoms with Crippen molar-refractivity contribution in [3.8, 4) is 0 Å². The summed E-state index contributed by atoms with van der Waals surface area (Å²) in [5.41, 5.74) is 6.49. The van der Waals surface area contributed by atoms with E-state index in [2.05, 4.69) is 5.43 Å². The maximum atomic E-state index is 13.2. The molecule has 0 radical (unpaired) electrons. The first-order chi connectivity index (χ1) is 14.4. The first-order valence-corrected chi connectivity index (χ1v) is 10.7. The lowest BCUT2D eigenvalue weighted by molar-refractivity contribution is 0.0376. The van der Waals surface area contributed by atoms with Crippen LogP contribution in [0.15, 0.2) is 9.59 Å². The van der Waals surface area contributed by atoms with Gasteiger partial charge in [-0.3, -0.25) is 13.9 Å². The van der Waals surface area contributed by atoms with Crippen LogP contribution in [-0.4, -0.2) is 38.5 Å². The van der Waals surface area contributed by atoms with Gasteiger partial charge in [0.2, 0.25) is 0 Å². The number of rotatable bonds is 5. The highest BCUT2D eigenvalue weighted by molar-refractivity contribution is 7.18. The maximum Gasteiger partial charge on any atom is 0.426 e. The number of halogens is 1. The number of thiophene rings is 1. The Morgan fingerprint density at radius 2 is 1.97 bits per heavy atom. The molecule has 3 N–H and O–H groups in total. The van der Waals surface area contributed by atoms with E-state index < -0.39 is 35.6 Å². The van der Waals surface area contributed by atoms with Gasteiger partial charge >= 0.3 is 17.8 Å². The third kappa shape index (κ3) is 4.73. The Labute approximate surface area is 181 Å². The molecule has 1 fully saturated rings. The van der Waals surface area contributed by atoms with E-state index in [-0.39, 0.29) is 19.1 Å². The zero-order chi connectivity index (χ0) is 23.1. The maximum absolute atomic E-state index is 13.2. The number of hydrogen-bond donors (Lipinski definition) is 2. The molecule has 1 aliphatic carbocycles. The summed E-state index contributed by atoms with van der Waals surface area (Å²) in [6.45, 7) is 5.61. The molecule has 10 nitrogen and oxygen atoms in total. The van der Waals surface area contributed by atoms with Crippen LogP contribution >= 0.6 is 11.3 Å². The van der Waals surface area contributed by atoms with Crippen LogP contribution in [0.4, 0.5) is 14.0 Å². The highest BCUT2D eigenvalue weighted by Crippen LogP contribution is 2.34. The Kier molecular flexibility index (Phi) is 6.12. The molecule has 0 bridgehead atoms. The number of aromatic nitrogens is 2. The van der Waals surface area contributed by atoms with Crippen molar-refractivity contribution in [1.82, 2.24) is 19.6 Å². The van der Waals surface area contributed by atoms with Gasteiger partial charge in [0.05, 0.1) is 18.5 Å². The van der Waals surface area contributed by atoms with Crippen LogP contribution in [0.2, 0.25) is 0 Å². The van der Waals surface area contributed by atoms with Crippen molar-refractivity contribution in [1.29, 1.82) is 0 Å². The molecule has 170 valence electrons. The molecule has 0 saturated heterocycles. The quantitative estimate of drug-likeness (QED) is 0.668. The van der Waals surface area contributed by atoms with Crippen LogP contribution in [0, 0.1) is 6.92 Å². The number of nitrogens with two attached hydrogens (primary N) is 1. The minimum absolute atomic E-state index is 0.146. The van der Waals surface area contributed by atoms with Crippen molar-refractivity contribution < 1.29 is 18.7 Å². The Balaban J connectivity index is 2.03. The third-order valence-corrected chi connectivity index (χ3v) is 6.05. The molecule has 0 atom stereocenters. The summed E-state index contributed by atoms with van der Waals surface area (Å²) < 4.78 is 20.8. The number of alkyl halides is 1. The van der Waals surface area contributed by atoms with Crippen LogP contribution in [0.25, 0.3) is 10.2 Å². The van der Waals surface area contributed by atoms with Crippen LogP contribution in [0.5, 0.6) is 0 Å². The van der Waals surface area contributed by atoms with Crippen molar-refractivity contribution >= 4 is 33.7 Å². The highest BCUT2D eigenvalue weighted by atomic mass is 32.1. The second-order valence-corrected chi connectivity index (χ2v) is 9.48. The molecule has 2 heterocycles. The number of carbonyl (C=O) groups excluding carboxylic acids is 2. The number of hydrazine groups is 1. The Morgan fingerprint density at radius 1 is 1.32 bits per heavy atom. The number of fused-ring (bicyclic) bond motifs is 1. The van der Waals surface area contributed by atoms with E-state index in [1.807, 2.05) is 0 Å². The number of hydrogen-bond acceptors (Lipinski definition) is 6. The first-order valence-electron chi connectivity index (χ1n) is 9.84. The molecule has 1 aliphatic rings. The fourth-order valence-corrected chi connectivity index (χ4v) is 4.53. The van der Waals surface area contributed by atoms with E-state index in [0.717, 1.165) is 29.2 Å². The van der Waals surface area contributed by atoms with E-state index in [4.69, 9.17) is 10.5 Å². The molecule has 31 heavy (non-hydrogen) atoms. The van der Waals surface area contributed by atoms with Gasteiger partial charge in [-0.05, 0) is 46.1 Å². The Bertz CT molecular complexity index is 1140.